The number of nitro groups is 1. The molecule has 0 radical (unpaired) electrons. The van der Waals surface area contributed by atoms with Crippen LogP contribution in [0, 0.1) is 10.1 Å². The first-order chi connectivity index (χ1) is 8.47. The van der Waals surface area contributed by atoms with Crippen molar-refractivity contribution in [1.29, 1.82) is 0 Å². The van der Waals surface area contributed by atoms with E-state index >= 15 is 0 Å². The van der Waals surface area contributed by atoms with E-state index in [-0.39, 0.29) is 22.5 Å². The second kappa shape index (κ2) is 4.26. The molecule has 1 fully saturated rings. The number of benzene rings is 1. The van der Waals surface area contributed by atoms with Crippen LogP contribution >= 0.6 is 0 Å². The number of nitrogens with one attached hydrogen (secondary N) is 2. The average Bonchev–Trinajstić information content (AvgIpc) is 3.05. The molecule has 0 atom stereocenters. The van der Waals surface area contributed by atoms with E-state index in [1.807, 2.05) is 6.92 Å². The number of amides is 1. The van der Waals surface area contributed by atoms with Crippen LogP contribution in [0.3, 0.4) is 0 Å². The summed E-state index contributed by atoms with van der Waals surface area (Å²) in [6.07, 6.45) is 1.78. The Morgan fingerprint density at radius 2 is 2.17 bits per heavy atom. The van der Waals surface area contributed by atoms with Gasteiger partial charge in [0, 0.05) is 5.54 Å². The number of carbonyl (C=O) groups is 1. The van der Waals surface area contributed by atoms with E-state index < -0.39 is 10.8 Å². The van der Waals surface area contributed by atoms with Gasteiger partial charge in [0.05, 0.1) is 4.92 Å². The number of anilines is 1. The third-order valence-electron chi connectivity index (χ3n) is 3.03. The minimum absolute atomic E-state index is 0.0172. The lowest BCUT2D eigenvalue weighted by molar-refractivity contribution is -0.384. The predicted molar refractivity (Wildman–Crippen MR) is 66.0 cm³/mol. The van der Waals surface area contributed by atoms with Crippen molar-refractivity contribution in [3.05, 3.63) is 33.9 Å². The van der Waals surface area contributed by atoms with Gasteiger partial charge in [0.25, 0.3) is 5.91 Å². The normalized spacial score (nSPS) is 15.9. The highest BCUT2D eigenvalue weighted by Gasteiger charge is 2.40. The Labute approximate surface area is 103 Å². The van der Waals surface area contributed by atoms with E-state index in [2.05, 4.69) is 10.7 Å². The van der Waals surface area contributed by atoms with Crippen LogP contribution in [0.1, 0.15) is 30.1 Å². The van der Waals surface area contributed by atoms with Crippen molar-refractivity contribution >= 4 is 17.3 Å². The number of hydrogen-bond acceptors (Lipinski definition) is 5. The summed E-state index contributed by atoms with van der Waals surface area (Å²) in [4.78, 5) is 22.4. The molecule has 1 aliphatic carbocycles. The van der Waals surface area contributed by atoms with Crippen molar-refractivity contribution < 1.29 is 9.72 Å². The van der Waals surface area contributed by atoms with Gasteiger partial charge in [-0.1, -0.05) is 6.07 Å². The monoisotopic (exact) mass is 250 g/mol. The van der Waals surface area contributed by atoms with Gasteiger partial charge in [0.15, 0.2) is 0 Å². The zero-order chi connectivity index (χ0) is 13.3. The molecule has 1 aromatic carbocycles. The predicted octanol–water partition coefficient (Wildman–Crippen LogP) is 1.16. The number of para-hydroxylation sites is 1. The number of hydrogen-bond donors (Lipinski definition) is 3. The molecule has 7 nitrogen and oxygen atoms in total. The van der Waals surface area contributed by atoms with Crippen LogP contribution in [0.25, 0.3) is 0 Å². The van der Waals surface area contributed by atoms with Crippen molar-refractivity contribution in [2.75, 3.05) is 5.43 Å². The summed E-state index contributed by atoms with van der Waals surface area (Å²) >= 11 is 0. The second-order valence-corrected chi connectivity index (χ2v) is 4.62. The molecule has 7 heteroatoms. The molecule has 0 saturated heterocycles. The van der Waals surface area contributed by atoms with Crippen LogP contribution in [-0.2, 0) is 0 Å². The van der Waals surface area contributed by atoms with Gasteiger partial charge in [-0.05, 0) is 31.9 Å². The molecule has 1 amide bonds. The van der Waals surface area contributed by atoms with Crippen LogP contribution in [0.4, 0.5) is 11.4 Å². The molecule has 18 heavy (non-hydrogen) atoms. The van der Waals surface area contributed by atoms with E-state index in [0.717, 1.165) is 12.8 Å². The molecule has 96 valence electrons. The van der Waals surface area contributed by atoms with Crippen molar-refractivity contribution in [3.8, 4) is 0 Å². The fourth-order valence-electron chi connectivity index (χ4n) is 1.69. The van der Waals surface area contributed by atoms with Crippen molar-refractivity contribution in [1.82, 2.24) is 5.32 Å². The van der Waals surface area contributed by atoms with Crippen LogP contribution in [0.5, 0.6) is 0 Å². The summed E-state index contributed by atoms with van der Waals surface area (Å²) in [5, 5.41) is 13.8. The minimum atomic E-state index is -0.612. The van der Waals surface area contributed by atoms with Gasteiger partial charge in [-0.3, -0.25) is 20.8 Å². The summed E-state index contributed by atoms with van der Waals surface area (Å²) in [5.74, 6) is 4.77. The molecule has 1 aromatic rings. The molecule has 1 aliphatic rings. The van der Waals surface area contributed by atoms with Gasteiger partial charge in [-0.15, -0.1) is 0 Å². The Morgan fingerprint density at radius 1 is 1.50 bits per heavy atom. The Balaban J connectivity index is 2.37. The molecule has 2 rings (SSSR count). The fraction of sp³-hybridized carbons (Fsp3) is 0.364. The summed E-state index contributed by atoms with van der Waals surface area (Å²) in [6, 6.07) is 4.42. The van der Waals surface area contributed by atoms with Crippen molar-refractivity contribution in [3.63, 3.8) is 0 Å². The number of nitro benzene ring substituents is 1. The van der Waals surface area contributed by atoms with Gasteiger partial charge < -0.3 is 10.7 Å². The maximum atomic E-state index is 12.0. The van der Waals surface area contributed by atoms with Gasteiger partial charge >= 0.3 is 5.69 Å². The molecule has 0 aromatic heterocycles. The molecule has 0 heterocycles. The van der Waals surface area contributed by atoms with Crippen LogP contribution < -0.4 is 16.6 Å². The largest absolute Gasteiger partial charge is 0.347 e. The highest BCUT2D eigenvalue weighted by Crippen LogP contribution is 2.35. The SMILES string of the molecule is CC1(NC(=O)c2cccc(NN)c2[N+](=O)[O-])CC1. The smallest absolute Gasteiger partial charge is 0.306 e. The minimum Gasteiger partial charge on any atom is -0.347 e. The Bertz CT molecular complexity index is 511. The van der Waals surface area contributed by atoms with Gasteiger partial charge in [-0.2, -0.15) is 0 Å². The standard InChI is InChI=1S/C11H14N4O3/c1-11(5-6-11)13-10(16)7-3-2-4-8(14-12)9(7)15(17)18/h2-4,14H,5-6,12H2,1H3,(H,13,16). The number of carbonyl (C=O) groups excluding carboxylic acids is 1. The van der Waals surface area contributed by atoms with Crippen LogP contribution in [0.2, 0.25) is 0 Å². The molecular weight excluding hydrogens is 236 g/mol. The van der Waals surface area contributed by atoms with Gasteiger partial charge in [0.2, 0.25) is 0 Å². The molecule has 4 N–H and O–H groups in total. The first-order valence-corrected chi connectivity index (χ1v) is 5.53. The Morgan fingerprint density at radius 3 is 2.67 bits per heavy atom. The highest BCUT2D eigenvalue weighted by molar-refractivity contribution is 6.01. The number of rotatable bonds is 4. The summed E-state index contributed by atoms with van der Waals surface area (Å²) in [7, 11) is 0. The molecule has 1 saturated carbocycles. The molecule has 0 unspecified atom stereocenters. The lowest BCUT2D eigenvalue weighted by Crippen LogP contribution is -2.34. The quantitative estimate of drug-likeness (QED) is 0.422. The lowest BCUT2D eigenvalue weighted by atomic mass is 10.1. The zero-order valence-electron chi connectivity index (χ0n) is 9.90. The van der Waals surface area contributed by atoms with E-state index in [9.17, 15) is 14.9 Å². The number of nitrogen functional groups attached to an aromatic ring is 1. The highest BCUT2D eigenvalue weighted by atomic mass is 16.6. The first kappa shape index (κ1) is 12.3. The number of nitrogens with zero attached hydrogens (tertiary/aromatic N) is 1. The van der Waals surface area contributed by atoms with Gasteiger partial charge in [-0.25, -0.2) is 0 Å². The average molecular weight is 250 g/mol. The summed E-state index contributed by atoms with van der Waals surface area (Å²) in [6.45, 7) is 1.90. The zero-order valence-corrected chi connectivity index (χ0v) is 9.90. The van der Waals surface area contributed by atoms with E-state index in [4.69, 9.17) is 5.84 Å². The first-order valence-electron chi connectivity index (χ1n) is 5.53. The molecule has 0 aliphatic heterocycles. The summed E-state index contributed by atoms with van der Waals surface area (Å²) < 4.78 is 0. The van der Waals surface area contributed by atoms with Crippen molar-refractivity contribution in [2.45, 2.75) is 25.3 Å². The third kappa shape index (κ3) is 2.25. The third-order valence-corrected chi connectivity index (χ3v) is 3.03. The molecule has 0 spiro atoms. The molecular formula is C11H14N4O3. The second-order valence-electron chi connectivity index (χ2n) is 4.62. The number of nitrogens with two attached hydrogens (primary N) is 1. The van der Waals surface area contributed by atoms with Crippen molar-refractivity contribution in [2.24, 2.45) is 5.84 Å². The van der Waals surface area contributed by atoms with E-state index in [1.165, 1.54) is 12.1 Å². The van der Waals surface area contributed by atoms with E-state index in [0.29, 0.717) is 0 Å². The Hall–Kier alpha value is -2.15. The van der Waals surface area contributed by atoms with Crippen LogP contribution in [-0.4, -0.2) is 16.4 Å². The van der Waals surface area contributed by atoms with Gasteiger partial charge in [0.1, 0.15) is 11.3 Å². The van der Waals surface area contributed by atoms with E-state index in [1.54, 1.807) is 6.07 Å². The maximum absolute atomic E-state index is 12.0. The summed E-state index contributed by atoms with van der Waals surface area (Å²) in [5.41, 5.74) is 1.84. The lowest BCUT2D eigenvalue weighted by Gasteiger charge is -2.12. The number of hydrazine groups is 1. The molecule has 0 bridgehead atoms. The topological polar surface area (TPSA) is 110 Å². The fourth-order valence-corrected chi connectivity index (χ4v) is 1.69. The maximum Gasteiger partial charge on any atom is 0.306 e. The Kier molecular flexibility index (Phi) is 2.92. The van der Waals surface area contributed by atoms with Crippen LogP contribution in [0.15, 0.2) is 18.2 Å².